The Kier molecular flexibility index (Phi) is 4.91. The van der Waals surface area contributed by atoms with Gasteiger partial charge in [0.1, 0.15) is 6.04 Å². The Morgan fingerprint density at radius 1 is 1.43 bits per heavy atom. The van der Waals surface area contributed by atoms with Crippen LogP contribution in [-0.2, 0) is 16.1 Å². The van der Waals surface area contributed by atoms with E-state index in [1.165, 1.54) is 0 Å². The fourth-order valence-electron chi connectivity index (χ4n) is 2.15. The summed E-state index contributed by atoms with van der Waals surface area (Å²) in [5, 5.41) is 9.26. The molecule has 0 unspecified atom stereocenters. The van der Waals surface area contributed by atoms with Crippen molar-refractivity contribution in [3.8, 4) is 0 Å². The summed E-state index contributed by atoms with van der Waals surface area (Å²) in [6, 6.07) is 0.626. The lowest BCUT2D eigenvalue weighted by atomic mass is 10.2. The zero-order valence-electron chi connectivity index (χ0n) is 11.9. The fraction of sp³-hybridized carbons (Fsp3) is 0.538. The topological polar surface area (TPSA) is 96.3 Å². The molecule has 2 heterocycles. The van der Waals surface area contributed by atoms with Crippen molar-refractivity contribution in [2.24, 2.45) is 0 Å². The van der Waals surface area contributed by atoms with Gasteiger partial charge in [-0.15, -0.1) is 0 Å². The van der Waals surface area contributed by atoms with Crippen molar-refractivity contribution in [2.75, 3.05) is 13.1 Å². The van der Waals surface area contributed by atoms with Crippen molar-refractivity contribution in [1.82, 2.24) is 25.3 Å². The zero-order valence-corrected chi connectivity index (χ0v) is 11.9. The normalized spacial score (nSPS) is 18.0. The maximum atomic E-state index is 12.0. The van der Waals surface area contributed by atoms with Gasteiger partial charge in [0.2, 0.25) is 5.91 Å². The van der Waals surface area contributed by atoms with E-state index in [4.69, 9.17) is 0 Å². The average molecular weight is 293 g/mol. The molecule has 114 valence electrons. The van der Waals surface area contributed by atoms with Crippen LogP contribution >= 0.6 is 0 Å². The first-order valence-corrected chi connectivity index (χ1v) is 6.97. The van der Waals surface area contributed by atoms with Crippen LogP contribution in [0, 0.1) is 0 Å². The van der Waals surface area contributed by atoms with Crippen molar-refractivity contribution in [2.45, 2.75) is 32.4 Å². The van der Waals surface area contributed by atoms with Gasteiger partial charge in [0.05, 0.1) is 13.0 Å². The van der Waals surface area contributed by atoms with Gasteiger partial charge >= 0.3 is 6.03 Å². The molecule has 0 radical (unpaired) electrons. The molecule has 1 atom stereocenters. The van der Waals surface area contributed by atoms with Crippen molar-refractivity contribution < 1.29 is 14.4 Å². The number of carbonyl (C=O) groups is 3. The summed E-state index contributed by atoms with van der Waals surface area (Å²) in [4.78, 5) is 36.5. The smallest absolute Gasteiger partial charge is 0.324 e. The van der Waals surface area contributed by atoms with Crippen LogP contribution in [0.2, 0.25) is 0 Å². The largest absolute Gasteiger partial charge is 0.354 e. The van der Waals surface area contributed by atoms with Gasteiger partial charge in [0.25, 0.3) is 5.91 Å². The fourth-order valence-corrected chi connectivity index (χ4v) is 2.15. The second kappa shape index (κ2) is 6.87. The van der Waals surface area contributed by atoms with Crippen LogP contribution in [0.1, 0.15) is 19.8 Å². The Labute approximate surface area is 122 Å². The lowest BCUT2D eigenvalue weighted by Gasteiger charge is -2.11. The number of nitrogens with one attached hydrogen (secondary N) is 2. The first kappa shape index (κ1) is 15.0. The van der Waals surface area contributed by atoms with Crippen molar-refractivity contribution >= 4 is 17.8 Å². The third-order valence-corrected chi connectivity index (χ3v) is 3.17. The van der Waals surface area contributed by atoms with Crippen LogP contribution in [0.4, 0.5) is 4.79 Å². The second-order valence-electron chi connectivity index (χ2n) is 4.82. The highest BCUT2D eigenvalue weighted by molar-refractivity contribution is 6.05. The molecule has 0 bridgehead atoms. The molecule has 1 saturated heterocycles. The molecule has 2 rings (SSSR count). The minimum atomic E-state index is -0.756. The second-order valence-corrected chi connectivity index (χ2v) is 4.82. The molecule has 0 saturated carbocycles. The Hall–Kier alpha value is -2.38. The van der Waals surface area contributed by atoms with E-state index in [0.717, 1.165) is 4.90 Å². The Bertz CT molecular complexity index is 514. The lowest BCUT2D eigenvalue weighted by molar-refractivity contribution is -0.130. The summed E-state index contributed by atoms with van der Waals surface area (Å²) >= 11 is 0. The molecule has 0 aromatic carbocycles. The monoisotopic (exact) mass is 293 g/mol. The maximum absolute atomic E-state index is 12.0. The average Bonchev–Trinajstić information content (AvgIpc) is 3.04. The lowest BCUT2D eigenvalue weighted by Crippen LogP contribution is -2.37. The Morgan fingerprint density at radius 2 is 2.24 bits per heavy atom. The van der Waals surface area contributed by atoms with E-state index in [9.17, 15) is 14.4 Å². The van der Waals surface area contributed by atoms with Gasteiger partial charge in [-0.2, -0.15) is 5.10 Å². The number of imide groups is 1. The number of urea groups is 1. The van der Waals surface area contributed by atoms with Gasteiger partial charge < -0.3 is 10.6 Å². The third-order valence-electron chi connectivity index (χ3n) is 3.17. The predicted molar refractivity (Wildman–Crippen MR) is 74.2 cm³/mol. The Morgan fingerprint density at radius 3 is 2.90 bits per heavy atom. The van der Waals surface area contributed by atoms with Gasteiger partial charge in [-0.3, -0.25) is 19.2 Å². The molecule has 21 heavy (non-hydrogen) atoms. The summed E-state index contributed by atoms with van der Waals surface area (Å²) in [6.07, 6.45) is 4.12. The van der Waals surface area contributed by atoms with Gasteiger partial charge in [0, 0.05) is 25.5 Å². The molecule has 1 fully saturated rings. The van der Waals surface area contributed by atoms with Crippen LogP contribution in [0.15, 0.2) is 18.5 Å². The minimum Gasteiger partial charge on any atom is -0.354 e. The van der Waals surface area contributed by atoms with Gasteiger partial charge in [-0.25, -0.2) is 4.79 Å². The number of rotatable bonds is 7. The molecule has 0 spiro atoms. The molecule has 4 amide bonds. The first-order valence-electron chi connectivity index (χ1n) is 6.97. The van der Waals surface area contributed by atoms with Gasteiger partial charge in [0.15, 0.2) is 0 Å². The summed E-state index contributed by atoms with van der Waals surface area (Å²) in [6.45, 7) is 3.25. The van der Waals surface area contributed by atoms with Crippen LogP contribution in [-0.4, -0.2) is 51.7 Å². The van der Waals surface area contributed by atoms with E-state index in [1.54, 1.807) is 23.1 Å². The minimum absolute atomic E-state index is 0.0378. The number of nitrogens with zero attached hydrogens (tertiary/aromatic N) is 3. The summed E-state index contributed by atoms with van der Waals surface area (Å²) < 4.78 is 1.70. The van der Waals surface area contributed by atoms with Crippen LogP contribution in [0.5, 0.6) is 0 Å². The molecule has 2 N–H and O–H groups in total. The van der Waals surface area contributed by atoms with Crippen molar-refractivity contribution in [3.05, 3.63) is 18.5 Å². The van der Waals surface area contributed by atoms with Crippen LogP contribution in [0.25, 0.3) is 0 Å². The third kappa shape index (κ3) is 3.80. The molecule has 8 heteroatoms. The molecule has 1 aromatic heterocycles. The summed E-state index contributed by atoms with van der Waals surface area (Å²) in [5.41, 5.74) is 0. The van der Waals surface area contributed by atoms with E-state index >= 15 is 0 Å². The maximum Gasteiger partial charge on any atom is 0.324 e. The quantitative estimate of drug-likeness (QED) is 0.676. The van der Waals surface area contributed by atoms with Crippen LogP contribution < -0.4 is 10.6 Å². The van der Waals surface area contributed by atoms with Gasteiger partial charge in [-0.1, -0.05) is 6.92 Å². The zero-order chi connectivity index (χ0) is 15.2. The number of carbonyl (C=O) groups excluding carboxylic acids is 3. The molecular formula is C13H19N5O3. The number of amides is 4. The number of hydrogen-bond acceptors (Lipinski definition) is 4. The van der Waals surface area contributed by atoms with E-state index in [-0.39, 0.29) is 18.2 Å². The highest BCUT2D eigenvalue weighted by atomic mass is 16.2. The number of aromatic nitrogens is 2. The SMILES string of the molecule is CCCN1C(=O)N[C@@H](CC(=O)NCCn2cccn2)C1=O. The van der Waals surface area contributed by atoms with Crippen molar-refractivity contribution in [3.63, 3.8) is 0 Å². The Balaban J connectivity index is 1.75. The first-order chi connectivity index (χ1) is 10.1. The molecule has 1 aliphatic heterocycles. The van der Waals surface area contributed by atoms with Crippen molar-refractivity contribution in [1.29, 1.82) is 0 Å². The van der Waals surface area contributed by atoms with Gasteiger partial charge in [-0.05, 0) is 12.5 Å². The standard InChI is InChI=1S/C13H19N5O3/c1-2-6-18-12(20)10(16-13(18)21)9-11(19)14-5-8-17-7-3-4-15-17/h3-4,7,10H,2,5-6,8-9H2,1H3,(H,14,19)(H,16,21)/t10-/m0/s1. The van der Waals surface area contributed by atoms with E-state index < -0.39 is 12.1 Å². The van der Waals surface area contributed by atoms with E-state index in [2.05, 4.69) is 15.7 Å². The molecule has 1 aliphatic rings. The molecule has 1 aromatic rings. The number of hydrogen-bond donors (Lipinski definition) is 2. The molecular weight excluding hydrogens is 274 g/mol. The van der Waals surface area contributed by atoms with Crippen LogP contribution in [0.3, 0.4) is 0 Å². The predicted octanol–water partition coefficient (Wildman–Crippen LogP) is -0.280. The summed E-state index contributed by atoms with van der Waals surface area (Å²) in [7, 11) is 0. The molecule has 8 nitrogen and oxygen atoms in total. The highest BCUT2D eigenvalue weighted by Gasteiger charge is 2.38. The molecule has 0 aliphatic carbocycles. The van der Waals surface area contributed by atoms with E-state index in [0.29, 0.717) is 26.1 Å². The highest BCUT2D eigenvalue weighted by Crippen LogP contribution is 2.09. The summed E-state index contributed by atoms with van der Waals surface area (Å²) in [5.74, 6) is -0.594. The van der Waals surface area contributed by atoms with E-state index in [1.807, 2.05) is 6.92 Å².